The van der Waals surface area contributed by atoms with Gasteiger partial charge in [0.1, 0.15) is 11.8 Å². The predicted octanol–water partition coefficient (Wildman–Crippen LogP) is 3.92. The smallest absolute Gasteiger partial charge is 0.248 e. The number of para-hydroxylation sites is 1. The number of amides is 1. The number of aryl methyl sites for hydroxylation is 3. The molecule has 7 heteroatoms. The van der Waals surface area contributed by atoms with E-state index in [2.05, 4.69) is 5.32 Å². The summed E-state index contributed by atoms with van der Waals surface area (Å²) < 4.78 is 31.8. The number of ether oxygens (including phenoxy) is 1. The molecule has 0 aromatic heterocycles. The molecule has 1 N–H and O–H groups in total. The van der Waals surface area contributed by atoms with Crippen LogP contribution in [0.5, 0.6) is 5.75 Å². The Morgan fingerprint density at radius 3 is 2.21 bits per heavy atom. The molecular formula is C22H30N2O4S. The molecule has 6 nitrogen and oxygen atoms in total. The molecule has 0 spiro atoms. The van der Waals surface area contributed by atoms with Crippen molar-refractivity contribution in [2.45, 2.75) is 46.6 Å². The Morgan fingerprint density at radius 1 is 1.14 bits per heavy atom. The summed E-state index contributed by atoms with van der Waals surface area (Å²) in [5, 5.41) is 2.97. The minimum atomic E-state index is -3.74. The number of nitrogens with one attached hydrogen (secondary N) is 1. The van der Waals surface area contributed by atoms with Gasteiger partial charge in [-0.15, -0.1) is 0 Å². The van der Waals surface area contributed by atoms with Crippen LogP contribution in [0.15, 0.2) is 36.4 Å². The topological polar surface area (TPSA) is 75.7 Å². The fraction of sp³-hybridized carbons (Fsp3) is 0.409. The van der Waals surface area contributed by atoms with Gasteiger partial charge in [-0.05, 0) is 55.5 Å². The minimum absolute atomic E-state index is 0.345. The molecule has 0 saturated heterocycles. The second-order valence-electron chi connectivity index (χ2n) is 7.06. The molecule has 2 rings (SSSR count). The zero-order chi connectivity index (χ0) is 21.8. The van der Waals surface area contributed by atoms with Crippen molar-refractivity contribution in [3.05, 3.63) is 53.1 Å². The lowest BCUT2D eigenvalue weighted by molar-refractivity contribution is -0.116. The lowest BCUT2D eigenvalue weighted by Gasteiger charge is -2.30. The van der Waals surface area contributed by atoms with Crippen LogP contribution in [-0.2, 0) is 27.7 Å². The largest absolute Gasteiger partial charge is 0.495 e. The van der Waals surface area contributed by atoms with Gasteiger partial charge in [0.15, 0.2) is 0 Å². The third kappa shape index (κ3) is 5.09. The van der Waals surface area contributed by atoms with Crippen LogP contribution in [0.25, 0.3) is 0 Å². The summed E-state index contributed by atoms with van der Waals surface area (Å²) in [4.78, 5) is 13.1. The van der Waals surface area contributed by atoms with Crippen molar-refractivity contribution in [1.82, 2.24) is 0 Å². The number of rotatable bonds is 8. The monoisotopic (exact) mass is 418 g/mol. The normalized spacial score (nSPS) is 12.3. The van der Waals surface area contributed by atoms with E-state index < -0.39 is 22.0 Å². The third-order valence-corrected chi connectivity index (χ3v) is 6.13. The fourth-order valence-corrected chi connectivity index (χ4v) is 4.55. The van der Waals surface area contributed by atoms with Crippen LogP contribution in [0.3, 0.4) is 0 Å². The second kappa shape index (κ2) is 9.31. The summed E-state index contributed by atoms with van der Waals surface area (Å²) in [7, 11) is -2.27. The molecule has 1 amide bonds. The maximum atomic E-state index is 13.1. The van der Waals surface area contributed by atoms with Crippen molar-refractivity contribution in [1.29, 1.82) is 0 Å². The molecule has 0 radical (unpaired) electrons. The molecule has 2 aromatic rings. The van der Waals surface area contributed by atoms with Gasteiger partial charge < -0.3 is 10.1 Å². The number of nitrogens with zero attached hydrogens (tertiary/aromatic N) is 1. The highest BCUT2D eigenvalue weighted by Gasteiger charge is 2.32. The average molecular weight is 419 g/mol. The van der Waals surface area contributed by atoms with E-state index in [-0.39, 0.29) is 0 Å². The van der Waals surface area contributed by atoms with Gasteiger partial charge in [-0.1, -0.05) is 38.1 Å². The second-order valence-corrected chi connectivity index (χ2v) is 8.92. The summed E-state index contributed by atoms with van der Waals surface area (Å²) in [6.07, 6.45) is 2.62. The van der Waals surface area contributed by atoms with Gasteiger partial charge in [-0.3, -0.25) is 9.10 Å². The Labute approximate surface area is 173 Å². The van der Waals surface area contributed by atoms with Crippen molar-refractivity contribution >= 4 is 27.3 Å². The molecule has 0 aliphatic heterocycles. The first-order valence-corrected chi connectivity index (χ1v) is 11.5. The van der Waals surface area contributed by atoms with Crippen LogP contribution >= 0.6 is 0 Å². The molecule has 2 aromatic carbocycles. The molecular weight excluding hydrogens is 388 g/mol. The van der Waals surface area contributed by atoms with E-state index in [9.17, 15) is 13.2 Å². The number of sulfonamides is 1. The highest BCUT2D eigenvalue weighted by Crippen LogP contribution is 2.33. The Balaban J connectivity index is 2.48. The number of methoxy groups -OCH3 is 1. The lowest BCUT2D eigenvalue weighted by Crippen LogP contribution is -2.45. The Kier molecular flexibility index (Phi) is 7.30. The first-order valence-electron chi connectivity index (χ1n) is 9.69. The summed E-state index contributed by atoms with van der Waals surface area (Å²) in [5.74, 6) is -0.00142. The summed E-state index contributed by atoms with van der Waals surface area (Å²) in [6, 6.07) is 10.2. The van der Waals surface area contributed by atoms with E-state index in [1.54, 1.807) is 19.1 Å². The Morgan fingerprint density at radius 2 is 1.72 bits per heavy atom. The standard InChI is InChI=1S/C22H30N2O4S/c1-7-17-10-9-11-18(8-2)21(17)23-22(25)16(4)24(29(6,26)27)19-14-15(3)12-13-20(19)28-5/h9-14,16H,7-8H2,1-6H3,(H,23,25). The first kappa shape index (κ1) is 22.7. The van der Waals surface area contributed by atoms with E-state index in [0.29, 0.717) is 11.4 Å². The lowest BCUT2D eigenvalue weighted by atomic mass is 10.0. The highest BCUT2D eigenvalue weighted by atomic mass is 32.2. The number of carbonyl (C=O) groups excluding carboxylic acids is 1. The van der Waals surface area contributed by atoms with Crippen LogP contribution in [-0.4, -0.2) is 33.7 Å². The van der Waals surface area contributed by atoms with E-state index in [4.69, 9.17) is 4.74 Å². The number of benzene rings is 2. The fourth-order valence-electron chi connectivity index (χ4n) is 3.38. The number of anilines is 2. The predicted molar refractivity (Wildman–Crippen MR) is 118 cm³/mol. The van der Waals surface area contributed by atoms with Crippen molar-refractivity contribution in [2.75, 3.05) is 23.0 Å². The van der Waals surface area contributed by atoms with Gasteiger partial charge in [0.2, 0.25) is 15.9 Å². The zero-order valence-electron chi connectivity index (χ0n) is 17.9. The minimum Gasteiger partial charge on any atom is -0.495 e. The van der Waals surface area contributed by atoms with Crippen LogP contribution in [0.1, 0.15) is 37.5 Å². The maximum absolute atomic E-state index is 13.1. The van der Waals surface area contributed by atoms with Gasteiger partial charge in [0, 0.05) is 5.69 Å². The van der Waals surface area contributed by atoms with Crippen molar-refractivity contribution < 1.29 is 17.9 Å². The molecule has 158 valence electrons. The first-order chi connectivity index (χ1) is 13.6. The molecule has 0 saturated carbocycles. The van der Waals surface area contributed by atoms with E-state index in [0.717, 1.165) is 45.8 Å². The SMILES string of the molecule is CCc1cccc(CC)c1NC(=O)C(C)N(c1cc(C)ccc1OC)S(C)(=O)=O. The van der Waals surface area contributed by atoms with Gasteiger partial charge >= 0.3 is 0 Å². The van der Waals surface area contributed by atoms with Crippen LogP contribution in [0, 0.1) is 6.92 Å². The molecule has 0 heterocycles. The average Bonchev–Trinajstić information content (AvgIpc) is 2.67. The highest BCUT2D eigenvalue weighted by molar-refractivity contribution is 7.92. The van der Waals surface area contributed by atoms with Crippen molar-refractivity contribution in [2.24, 2.45) is 0 Å². The number of carbonyl (C=O) groups is 1. The molecule has 0 aliphatic rings. The number of hydrogen-bond acceptors (Lipinski definition) is 4. The van der Waals surface area contributed by atoms with Gasteiger partial charge in [0.25, 0.3) is 0 Å². The van der Waals surface area contributed by atoms with E-state index in [1.807, 2.05) is 45.0 Å². The molecule has 0 aliphatic carbocycles. The van der Waals surface area contributed by atoms with E-state index in [1.165, 1.54) is 7.11 Å². The van der Waals surface area contributed by atoms with Crippen molar-refractivity contribution in [3.8, 4) is 5.75 Å². The number of hydrogen-bond donors (Lipinski definition) is 1. The quantitative estimate of drug-likeness (QED) is 0.705. The van der Waals surface area contributed by atoms with Gasteiger partial charge in [-0.25, -0.2) is 8.42 Å². The summed E-state index contributed by atoms with van der Waals surface area (Å²) in [6.45, 7) is 7.49. The Hall–Kier alpha value is -2.54. The van der Waals surface area contributed by atoms with Gasteiger partial charge in [-0.2, -0.15) is 0 Å². The molecule has 0 bridgehead atoms. The summed E-state index contributed by atoms with van der Waals surface area (Å²) >= 11 is 0. The maximum Gasteiger partial charge on any atom is 0.248 e. The van der Waals surface area contributed by atoms with Gasteiger partial charge in [0.05, 0.1) is 19.1 Å². The zero-order valence-corrected chi connectivity index (χ0v) is 18.8. The third-order valence-electron chi connectivity index (χ3n) is 4.91. The van der Waals surface area contributed by atoms with Crippen molar-refractivity contribution in [3.63, 3.8) is 0 Å². The molecule has 1 unspecified atom stereocenters. The van der Waals surface area contributed by atoms with Crippen LogP contribution in [0.4, 0.5) is 11.4 Å². The van der Waals surface area contributed by atoms with Crippen LogP contribution in [0.2, 0.25) is 0 Å². The molecule has 29 heavy (non-hydrogen) atoms. The summed E-state index contributed by atoms with van der Waals surface area (Å²) in [5.41, 5.74) is 4.01. The Bertz CT molecular complexity index is 964. The van der Waals surface area contributed by atoms with E-state index >= 15 is 0 Å². The molecule has 0 fully saturated rings. The van der Waals surface area contributed by atoms with Crippen LogP contribution < -0.4 is 14.4 Å². The molecule has 1 atom stereocenters.